The smallest absolute Gasteiger partial charge is 0.153 e. The van der Waals surface area contributed by atoms with Crippen LogP contribution in [0.1, 0.15) is 17.3 Å². The van der Waals surface area contributed by atoms with E-state index in [2.05, 4.69) is 53.7 Å². The number of rotatable bonds is 4. The Morgan fingerprint density at radius 1 is 1.39 bits per heavy atom. The van der Waals surface area contributed by atoms with E-state index in [0.717, 1.165) is 16.6 Å². The number of benzene rings is 1. The number of hydrogen-bond donors (Lipinski definition) is 2. The zero-order valence-corrected chi connectivity index (χ0v) is 12.9. The molecule has 1 atom stereocenters. The number of halogens is 2. The van der Waals surface area contributed by atoms with Crippen molar-refractivity contribution < 1.29 is 0 Å². The van der Waals surface area contributed by atoms with Crippen molar-refractivity contribution in [3.05, 3.63) is 44.6 Å². The first-order chi connectivity index (χ1) is 8.63. The van der Waals surface area contributed by atoms with Crippen LogP contribution in [0.5, 0.6) is 0 Å². The van der Waals surface area contributed by atoms with E-state index in [0.29, 0.717) is 4.60 Å². The molecule has 96 valence electrons. The first-order valence-electron chi connectivity index (χ1n) is 5.38. The third kappa shape index (κ3) is 2.80. The van der Waals surface area contributed by atoms with Crippen molar-refractivity contribution in [1.82, 2.24) is 20.4 Å². The number of nitrogens with two attached hydrogens (primary N) is 1. The molecule has 3 N–H and O–H groups in total. The summed E-state index contributed by atoms with van der Waals surface area (Å²) in [5, 5.41) is 7.93. The van der Waals surface area contributed by atoms with Crippen molar-refractivity contribution in [2.24, 2.45) is 12.9 Å². The van der Waals surface area contributed by atoms with Crippen molar-refractivity contribution in [3.8, 4) is 0 Å². The van der Waals surface area contributed by atoms with E-state index in [1.165, 1.54) is 5.56 Å². The summed E-state index contributed by atoms with van der Waals surface area (Å²) in [7, 11) is 1.84. The molecular weight excluding hydrogens is 362 g/mol. The fourth-order valence-corrected chi connectivity index (χ4v) is 2.88. The lowest BCUT2D eigenvalue weighted by Crippen LogP contribution is -2.31. The maximum atomic E-state index is 5.64. The highest BCUT2D eigenvalue weighted by molar-refractivity contribution is 9.10. The molecule has 1 aromatic heterocycles. The molecule has 0 saturated heterocycles. The highest BCUT2D eigenvalue weighted by Crippen LogP contribution is 2.26. The van der Waals surface area contributed by atoms with Gasteiger partial charge in [0.2, 0.25) is 0 Å². The van der Waals surface area contributed by atoms with E-state index < -0.39 is 0 Å². The van der Waals surface area contributed by atoms with Gasteiger partial charge in [-0.25, -0.2) is 4.68 Å². The predicted molar refractivity (Wildman–Crippen MR) is 76.6 cm³/mol. The molecule has 0 aliphatic rings. The highest BCUT2D eigenvalue weighted by atomic mass is 79.9. The Labute approximate surface area is 122 Å². The fourth-order valence-electron chi connectivity index (χ4n) is 1.83. The molecule has 2 aromatic rings. The van der Waals surface area contributed by atoms with Crippen LogP contribution in [0.25, 0.3) is 0 Å². The fraction of sp³-hybridized carbons (Fsp3) is 0.273. The van der Waals surface area contributed by atoms with Crippen molar-refractivity contribution in [2.45, 2.75) is 12.5 Å². The minimum absolute atomic E-state index is 0.0573. The Balaban J connectivity index is 2.28. The van der Waals surface area contributed by atoms with Crippen molar-refractivity contribution in [2.75, 3.05) is 0 Å². The second kappa shape index (κ2) is 5.92. The first kappa shape index (κ1) is 13.7. The summed E-state index contributed by atoms with van der Waals surface area (Å²) in [6, 6.07) is 8.01. The summed E-state index contributed by atoms with van der Waals surface area (Å²) in [4.78, 5) is 0. The lowest BCUT2D eigenvalue weighted by Gasteiger charge is -2.17. The van der Waals surface area contributed by atoms with Gasteiger partial charge in [-0.15, -0.1) is 5.10 Å². The van der Waals surface area contributed by atoms with Crippen molar-refractivity contribution in [3.63, 3.8) is 0 Å². The molecule has 0 spiro atoms. The zero-order valence-electron chi connectivity index (χ0n) is 9.77. The van der Waals surface area contributed by atoms with Gasteiger partial charge in [-0.1, -0.05) is 39.3 Å². The minimum atomic E-state index is -0.0573. The number of nitrogens with one attached hydrogen (secondary N) is 1. The standard InChI is InChI=1S/C11H13Br2N5/c1-18-10(11(13)16-17-18)9(15-14)6-7-4-2-3-5-8(7)12/h2-5,9,15H,6,14H2,1H3. The second-order valence-electron chi connectivity index (χ2n) is 3.90. The molecule has 7 heteroatoms. The summed E-state index contributed by atoms with van der Waals surface area (Å²) >= 11 is 6.92. The molecule has 0 aliphatic heterocycles. The maximum absolute atomic E-state index is 5.64. The first-order valence-corrected chi connectivity index (χ1v) is 6.96. The lowest BCUT2D eigenvalue weighted by molar-refractivity contribution is 0.505. The Morgan fingerprint density at radius 2 is 2.11 bits per heavy atom. The highest BCUT2D eigenvalue weighted by Gasteiger charge is 2.20. The average molecular weight is 375 g/mol. The van der Waals surface area contributed by atoms with Gasteiger partial charge in [0, 0.05) is 11.5 Å². The molecule has 5 nitrogen and oxygen atoms in total. The van der Waals surface area contributed by atoms with Gasteiger partial charge in [-0.2, -0.15) is 0 Å². The van der Waals surface area contributed by atoms with Crippen LogP contribution in [0.2, 0.25) is 0 Å². The molecule has 1 unspecified atom stereocenters. The third-order valence-electron chi connectivity index (χ3n) is 2.74. The molecule has 0 radical (unpaired) electrons. The van der Waals surface area contributed by atoms with Crippen LogP contribution in [0, 0.1) is 0 Å². The average Bonchev–Trinajstić information content (AvgIpc) is 2.69. The summed E-state index contributed by atoms with van der Waals surface area (Å²) < 4.78 is 3.49. The Kier molecular flexibility index (Phi) is 4.50. The van der Waals surface area contributed by atoms with Crippen LogP contribution in [0.3, 0.4) is 0 Å². The molecule has 18 heavy (non-hydrogen) atoms. The van der Waals surface area contributed by atoms with Crippen LogP contribution in [0.15, 0.2) is 33.3 Å². The minimum Gasteiger partial charge on any atom is -0.271 e. The normalized spacial score (nSPS) is 12.7. The van der Waals surface area contributed by atoms with Crippen molar-refractivity contribution in [1.29, 1.82) is 0 Å². The predicted octanol–water partition coefficient (Wildman–Crippen LogP) is 2.09. The maximum Gasteiger partial charge on any atom is 0.153 e. The van der Waals surface area contributed by atoms with E-state index in [9.17, 15) is 0 Å². The van der Waals surface area contributed by atoms with Gasteiger partial charge in [0.25, 0.3) is 0 Å². The van der Waals surface area contributed by atoms with Gasteiger partial charge in [0.05, 0.1) is 11.7 Å². The topological polar surface area (TPSA) is 68.8 Å². The number of hydrogen-bond acceptors (Lipinski definition) is 4. The van der Waals surface area contributed by atoms with Crippen molar-refractivity contribution >= 4 is 31.9 Å². The van der Waals surface area contributed by atoms with Crippen LogP contribution < -0.4 is 11.3 Å². The molecule has 2 rings (SSSR count). The Bertz CT molecular complexity index is 520. The lowest BCUT2D eigenvalue weighted by atomic mass is 10.0. The van der Waals surface area contributed by atoms with Crippen LogP contribution >= 0.6 is 31.9 Å². The van der Waals surface area contributed by atoms with E-state index in [4.69, 9.17) is 5.84 Å². The van der Waals surface area contributed by atoms with Gasteiger partial charge in [0.1, 0.15) is 0 Å². The van der Waals surface area contributed by atoms with E-state index in [1.54, 1.807) is 4.68 Å². The monoisotopic (exact) mass is 373 g/mol. The molecule has 0 bridgehead atoms. The van der Waals surface area contributed by atoms with Gasteiger partial charge < -0.3 is 0 Å². The summed E-state index contributed by atoms with van der Waals surface area (Å²) in [5.74, 6) is 5.64. The summed E-state index contributed by atoms with van der Waals surface area (Å²) in [6.07, 6.45) is 0.748. The Hall–Kier alpha value is -0.760. The van der Waals surface area contributed by atoms with Gasteiger partial charge in [-0.05, 0) is 34.0 Å². The van der Waals surface area contributed by atoms with E-state index in [-0.39, 0.29) is 6.04 Å². The zero-order chi connectivity index (χ0) is 13.1. The van der Waals surface area contributed by atoms with Gasteiger partial charge >= 0.3 is 0 Å². The largest absolute Gasteiger partial charge is 0.271 e. The SMILES string of the molecule is Cn1nnc(Br)c1C(Cc1ccccc1Br)NN. The molecule has 0 fully saturated rings. The van der Waals surface area contributed by atoms with Gasteiger partial charge in [0.15, 0.2) is 4.60 Å². The molecule has 0 saturated carbocycles. The van der Waals surface area contributed by atoms with Crippen LogP contribution in [-0.4, -0.2) is 15.0 Å². The number of nitrogens with zero attached hydrogens (tertiary/aromatic N) is 3. The van der Waals surface area contributed by atoms with Crippen LogP contribution in [-0.2, 0) is 13.5 Å². The Morgan fingerprint density at radius 3 is 2.67 bits per heavy atom. The molecule has 0 amide bonds. The second-order valence-corrected chi connectivity index (χ2v) is 5.51. The quantitative estimate of drug-likeness (QED) is 0.635. The van der Waals surface area contributed by atoms with E-state index >= 15 is 0 Å². The number of aromatic nitrogens is 3. The molecular formula is C11H13Br2N5. The summed E-state index contributed by atoms with van der Waals surface area (Å²) in [6.45, 7) is 0. The number of aryl methyl sites for hydroxylation is 1. The molecule has 1 aromatic carbocycles. The van der Waals surface area contributed by atoms with E-state index in [1.807, 2.05) is 25.2 Å². The van der Waals surface area contributed by atoms with Gasteiger partial charge in [-0.3, -0.25) is 11.3 Å². The number of hydrazine groups is 1. The van der Waals surface area contributed by atoms with Crippen LogP contribution in [0.4, 0.5) is 0 Å². The third-order valence-corrected chi connectivity index (χ3v) is 4.08. The molecule has 0 aliphatic carbocycles. The molecule has 1 heterocycles. The summed E-state index contributed by atoms with van der Waals surface area (Å²) in [5.41, 5.74) is 4.91.